The van der Waals surface area contributed by atoms with Crippen LogP contribution in [0.5, 0.6) is 0 Å². The van der Waals surface area contributed by atoms with Crippen LogP contribution in [0.3, 0.4) is 0 Å². The van der Waals surface area contributed by atoms with Crippen LogP contribution in [-0.4, -0.2) is 5.11 Å². The molecule has 1 fully saturated rings. The molecule has 1 nitrogen and oxygen atoms in total. The van der Waals surface area contributed by atoms with Gasteiger partial charge >= 0.3 is 0 Å². The Bertz CT molecular complexity index is 421. The molecule has 3 unspecified atom stereocenters. The zero-order chi connectivity index (χ0) is 12.6. The molecule has 1 aromatic carbocycles. The molecule has 1 aliphatic carbocycles. The standard InChI is InChI=1S/C14H18BrFO/c1-9-6-7-14(17,8-10(9)2)11-4-3-5-12(15)13(11)16/h3-5,9-10,17H,6-8H2,1-2H3. The van der Waals surface area contributed by atoms with Gasteiger partial charge in [0.05, 0.1) is 10.1 Å². The Kier molecular flexibility index (Phi) is 3.60. The number of benzene rings is 1. The molecule has 0 bridgehead atoms. The zero-order valence-electron chi connectivity index (χ0n) is 10.2. The molecule has 0 aromatic heterocycles. The minimum Gasteiger partial charge on any atom is -0.385 e. The Morgan fingerprint density at radius 3 is 2.71 bits per heavy atom. The van der Waals surface area contributed by atoms with Crippen molar-refractivity contribution >= 4 is 15.9 Å². The Morgan fingerprint density at radius 2 is 2.06 bits per heavy atom. The van der Waals surface area contributed by atoms with E-state index >= 15 is 0 Å². The molecule has 3 atom stereocenters. The highest BCUT2D eigenvalue weighted by molar-refractivity contribution is 9.10. The van der Waals surface area contributed by atoms with E-state index in [9.17, 15) is 9.50 Å². The van der Waals surface area contributed by atoms with Crippen molar-refractivity contribution in [3.05, 3.63) is 34.1 Å². The van der Waals surface area contributed by atoms with Crippen LogP contribution in [-0.2, 0) is 5.60 Å². The number of rotatable bonds is 1. The van der Waals surface area contributed by atoms with Gasteiger partial charge in [0, 0.05) is 5.56 Å². The molecule has 17 heavy (non-hydrogen) atoms. The molecule has 94 valence electrons. The lowest BCUT2D eigenvalue weighted by Gasteiger charge is -2.39. The van der Waals surface area contributed by atoms with Crippen LogP contribution in [0.2, 0.25) is 0 Å². The first-order valence-corrected chi connectivity index (χ1v) is 6.90. The summed E-state index contributed by atoms with van der Waals surface area (Å²) in [6, 6.07) is 5.14. The van der Waals surface area contributed by atoms with E-state index in [1.54, 1.807) is 18.2 Å². The molecular weight excluding hydrogens is 283 g/mol. The van der Waals surface area contributed by atoms with Crippen molar-refractivity contribution in [2.45, 2.75) is 38.7 Å². The van der Waals surface area contributed by atoms with Crippen LogP contribution in [0.1, 0.15) is 38.7 Å². The minimum absolute atomic E-state index is 0.322. The second-order valence-electron chi connectivity index (χ2n) is 5.33. The van der Waals surface area contributed by atoms with E-state index in [1.165, 1.54) is 0 Å². The predicted octanol–water partition coefficient (Wildman–Crippen LogP) is 4.23. The quantitative estimate of drug-likeness (QED) is 0.823. The van der Waals surface area contributed by atoms with Crippen molar-refractivity contribution in [3.8, 4) is 0 Å². The van der Waals surface area contributed by atoms with Crippen LogP contribution in [0.25, 0.3) is 0 Å². The number of aliphatic hydroxyl groups is 1. The lowest BCUT2D eigenvalue weighted by molar-refractivity contribution is -0.0362. The summed E-state index contributed by atoms with van der Waals surface area (Å²) in [5.74, 6) is 0.703. The largest absolute Gasteiger partial charge is 0.385 e. The molecule has 2 rings (SSSR count). The molecule has 0 aliphatic heterocycles. The summed E-state index contributed by atoms with van der Waals surface area (Å²) in [6.07, 6.45) is 2.23. The summed E-state index contributed by atoms with van der Waals surface area (Å²) in [5.41, 5.74) is -0.564. The van der Waals surface area contributed by atoms with Gasteiger partial charge < -0.3 is 5.11 Å². The number of hydrogen-bond acceptors (Lipinski definition) is 1. The topological polar surface area (TPSA) is 20.2 Å². The molecule has 0 heterocycles. The maximum Gasteiger partial charge on any atom is 0.143 e. The highest BCUT2D eigenvalue weighted by atomic mass is 79.9. The minimum atomic E-state index is -1.00. The summed E-state index contributed by atoms with van der Waals surface area (Å²) < 4.78 is 14.5. The summed E-state index contributed by atoms with van der Waals surface area (Å²) >= 11 is 3.18. The fourth-order valence-electron chi connectivity index (χ4n) is 2.69. The van der Waals surface area contributed by atoms with Gasteiger partial charge in [-0.1, -0.05) is 26.0 Å². The predicted molar refractivity (Wildman–Crippen MR) is 70.2 cm³/mol. The molecule has 1 saturated carbocycles. The molecule has 0 radical (unpaired) electrons. The SMILES string of the molecule is CC1CCC(O)(c2cccc(Br)c2F)CC1C. The molecular formula is C14H18BrFO. The van der Waals surface area contributed by atoms with Crippen molar-refractivity contribution in [2.75, 3.05) is 0 Å². The van der Waals surface area contributed by atoms with Gasteiger partial charge in [-0.3, -0.25) is 0 Å². The Morgan fingerprint density at radius 1 is 1.35 bits per heavy atom. The first-order chi connectivity index (χ1) is 7.94. The van der Waals surface area contributed by atoms with Gasteiger partial charge in [0.25, 0.3) is 0 Å². The van der Waals surface area contributed by atoms with Crippen molar-refractivity contribution in [2.24, 2.45) is 11.8 Å². The third kappa shape index (κ3) is 2.41. The van der Waals surface area contributed by atoms with Gasteiger partial charge in [0.15, 0.2) is 0 Å². The first-order valence-electron chi connectivity index (χ1n) is 6.11. The summed E-state index contributed by atoms with van der Waals surface area (Å²) in [7, 11) is 0. The van der Waals surface area contributed by atoms with Crippen molar-refractivity contribution in [3.63, 3.8) is 0 Å². The van der Waals surface area contributed by atoms with E-state index in [-0.39, 0.29) is 5.82 Å². The second kappa shape index (κ2) is 4.69. The third-order valence-corrected chi connectivity index (χ3v) is 4.71. The maximum atomic E-state index is 14.0. The maximum absolute atomic E-state index is 14.0. The second-order valence-corrected chi connectivity index (χ2v) is 6.18. The van der Waals surface area contributed by atoms with Gasteiger partial charge in [0.1, 0.15) is 5.82 Å². The molecule has 0 amide bonds. The molecule has 1 N–H and O–H groups in total. The van der Waals surface area contributed by atoms with Crippen LogP contribution >= 0.6 is 15.9 Å². The summed E-state index contributed by atoms with van der Waals surface area (Å²) in [4.78, 5) is 0. The van der Waals surface area contributed by atoms with E-state index in [1.807, 2.05) is 0 Å². The van der Waals surface area contributed by atoms with Crippen LogP contribution < -0.4 is 0 Å². The van der Waals surface area contributed by atoms with Crippen LogP contribution in [0.4, 0.5) is 4.39 Å². The molecule has 1 aromatic rings. The fourth-order valence-corrected chi connectivity index (χ4v) is 3.06. The molecule has 3 heteroatoms. The number of halogens is 2. The average molecular weight is 301 g/mol. The molecule has 0 saturated heterocycles. The fraction of sp³-hybridized carbons (Fsp3) is 0.571. The Hall–Kier alpha value is -0.410. The lowest BCUT2D eigenvalue weighted by Crippen LogP contribution is -2.36. The summed E-state index contributed by atoms with van der Waals surface area (Å²) in [5, 5.41) is 10.7. The highest BCUT2D eigenvalue weighted by Crippen LogP contribution is 2.43. The van der Waals surface area contributed by atoms with Crippen LogP contribution in [0, 0.1) is 17.7 Å². The Balaban J connectivity index is 2.35. The van der Waals surface area contributed by atoms with Crippen molar-refractivity contribution < 1.29 is 9.50 Å². The van der Waals surface area contributed by atoms with Crippen molar-refractivity contribution in [1.29, 1.82) is 0 Å². The molecule has 0 spiro atoms. The Labute approximate surface area is 110 Å². The van der Waals surface area contributed by atoms with Gasteiger partial charge in [-0.2, -0.15) is 0 Å². The van der Waals surface area contributed by atoms with E-state index in [2.05, 4.69) is 29.8 Å². The zero-order valence-corrected chi connectivity index (χ0v) is 11.8. The van der Waals surface area contributed by atoms with Gasteiger partial charge in [0.2, 0.25) is 0 Å². The number of hydrogen-bond donors (Lipinski definition) is 1. The normalized spacial score (nSPS) is 33.7. The van der Waals surface area contributed by atoms with Gasteiger partial charge in [-0.05, 0) is 53.1 Å². The van der Waals surface area contributed by atoms with E-state index < -0.39 is 5.60 Å². The van der Waals surface area contributed by atoms with Gasteiger partial charge in [-0.15, -0.1) is 0 Å². The van der Waals surface area contributed by atoms with Gasteiger partial charge in [-0.25, -0.2) is 4.39 Å². The average Bonchev–Trinajstić information content (AvgIpc) is 2.28. The smallest absolute Gasteiger partial charge is 0.143 e. The lowest BCUT2D eigenvalue weighted by atomic mass is 9.70. The van der Waals surface area contributed by atoms with E-state index in [0.29, 0.717) is 34.7 Å². The van der Waals surface area contributed by atoms with Crippen molar-refractivity contribution in [1.82, 2.24) is 0 Å². The highest BCUT2D eigenvalue weighted by Gasteiger charge is 2.39. The monoisotopic (exact) mass is 300 g/mol. The third-order valence-electron chi connectivity index (χ3n) is 4.10. The van der Waals surface area contributed by atoms with E-state index in [4.69, 9.17) is 0 Å². The first kappa shape index (κ1) is 13.0. The van der Waals surface area contributed by atoms with Crippen LogP contribution in [0.15, 0.2) is 22.7 Å². The summed E-state index contributed by atoms with van der Waals surface area (Å²) in [6.45, 7) is 4.33. The van der Waals surface area contributed by atoms with E-state index in [0.717, 1.165) is 6.42 Å². The molecule has 1 aliphatic rings.